The van der Waals surface area contributed by atoms with Gasteiger partial charge in [0.15, 0.2) is 0 Å². The molecule has 0 bridgehead atoms. The van der Waals surface area contributed by atoms with Crippen molar-refractivity contribution in [2.75, 3.05) is 14.2 Å². The molecule has 0 unspecified atom stereocenters. The van der Waals surface area contributed by atoms with Crippen LogP contribution in [-0.4, -0.2) is 26.2 Å². The molecule has 1 saturated carbocycles. The number of hydrogen-bond donors (Lipinski definition) is 0. The molecule has 0 N–H and O–H groups in total. The van der Waals surface area contributed by atoms with Crippen LogP contribution in [0.4, 0.5) is 0 Å². The molecule has 0 saturated heterocycles. The van der Waals surface area contributed by atoms with E-state index in [-0.39, 0.29) is 35.6 Å². The molecular formula is C22H24O4. The van der Waals surface area contributed by atoms with Gasteiger partial charge in [-0.25, -0.2) is 0 Å². The highest BCUT2D eigenvalue weighted by Gasteiger charge is 2.52. The van der Waals surface area contributed by atoms with Gasteiger partial charge in [-0.15, -0.1) is 0 Å². The second kappa shape index (κ2) is 8.17. The minimum Gasteiger partial charge on any atom is -0.469 e. The molecule has 0 amide bonds. The van der Waals surface area contributed by atoms with Crippen LogP contribution in [0.25, 0.3) is 0 Å². The third-order valence-corrected chi connectivity index (χ3v) is 5.47. The summed E-state index contributed by atoms with van der Waals surface area (Å²) in [6.45, 7) is 0. The number of hydrogen-bond acceptors (Lipinski definition) is 4. The van der Waals surface area contributed by atoms with E-state index in [4.69, 9.17) is 9.47 Å². The Morgan fingerprint density at radius 2 is 1.04 bits per heavy atom. The molecule has 0 aromatic heterocycles. The zero-order chi connectivity index (χ0) is 18.5. The number of benzene rings is 2. The monoisotopic (exact) mass is 352 g/mol. The zero-order valence-electron chi connectivity index (χ0n) is 15.1. The average molecular weight is 352 g/mol. The Kier molecular flexibility index (Phi) is 5.71. The predicted molar refractivity (Wildman–Crippen MR) is 98.6 cm³/mol. The summed E-state index contributed by atoms with van der Waals surface area (Å²) in [5, 5.41) is 0. The van der Waals surface area contributed by atoms with Crippen molar-refractivity contribution >= 4 is 11.9 Å². The third kappa shape index (κ3) is 3.64. The Morgan fingerprint density at radius 3 is 1.35 bits per heavy atom. The Balaban J connectivity index is 1.97. The lowest BCUT2D eigenvalue weighted by molar-refractivity contribution is -0.146. The highest BCUT2D eigenvalue weighted by molar-refractivity contribution is 5.72. The lowest BCUT2D eigenvalue weighted by atomic mass is 9.51. The van der Waals surface area contributed by atoms with Crippen LogP contribution in [0.5, 0.6) is 0 Å². The molecule has 0 spiro atoms. The molecule has 0 heterocycles. The molecule has 4 nitrogen and oxygen atoms in total. The van der Waals surface area contributed by atoms with Crippen LogP contribution in [0.2, 0.25) is 0 Å². The zero-order valence-corrected chi connectivity index (χ0v) is 15.1. The quantitative estimate of drug-likeness (QED) is 0.739. The van der Waals surface area contributed by atoms with Gasteiger partial charge in [-0.2, -0.15) is 0 Å². The molecule has 2 aromatic rings. The number of methoxy groups -OCH3 is 2. The molecule has 1 aliphatic carbocycles. The summed E-state index contributed by atoms with van der Waals surface area (Å²) in [7, 11) is 2.84. The molecule has 1 fully saturated rings. The average Bonchev–Trinajstić information content (AvgIpc) is 2.68. The van der Waals surface area contributed by atoms with E-state index in [0.29, 0.717) is 12.8 Å². The Labute approximate surface area is 154 Å². The first-order valence-electron chi connectivity index (χ1n) is 8.89. The number of esters is 2. The van der Waals surface area contributed by atoms with Gasteiger partial charge in [-0.05, 0) is 34.8 Å². The predicted octanol–water partition coefficient (Wildman–Crippen LogP) is 3.93. The number of carbonyl (C=O) groups excluding carboxylic acids is 2. The van der Waals surface area contributed by atoms with Crippen molar-refractivity contribution in [3.8, 4) is 0 Å². The minimum atomic E-state index is -0.214. The second-order valence-electron chi connectivity index (χ2n) is 6.76. The van der Waals surface area contributed by atoms with Crippen LogP contribution < -0.4 is 0 Å². The van der Waals surface area contributed by atoms with Crippen LogP contribution in [-0.2, 0) is 19.1 Å². The van der Waals surface area contributed by atoms with Crippen molar-refractivity contribution in [1.29, 1.82) is 0 Å². The van der Waals surface area contributed by atoms with Gasteiger partial charge in [0.25, 0.3) is 0 Å². The third-order valence-electron chi connectivity index (χ3n) is 5.47. The first-order chi connectivity index (χ1) is 12.7. The van der Waals surface area contributed by atoms with Crippen LogP contribution in [0.15, 0.2) is 60.7 Å². The van der Waals surface area contributed by atoms with Crippen molar-refractivity contribution in [2.24, 2.45) is 11.8 Å². The molecular weight excluding hydrogens is 328 g/mol. The van der Waals surface area contributed by atoms with Crippen molar-refractivity contribution in [3.63, 3.8) is 0 Å². The van der Waals surface area contributed by atoms with Gasteiger partial charge < -0.3 is 9.47 Å². The Morgan fingerprint density at radius 1 is 0.692 bits per heavy atom. The van der Waals surface area contributed by atoms with Crippen LogP contribution in [0.1, 0.15) is 35.8 Å². The van der Waals surface area contributed by atoms with Crippen LogP contribution in [0.3, 0.4) is 0 Å². The van der Waals surface area contributed by atoms with Crippen molar-refractivity contribution in [3.05, 3.63) is 71.8 Å². The fraction of sp³-hybridized carbons (Fsp3) is 0.364. The van der Waals surface area contributed by atoms with E-state index in [1.54, 1.807) is 0 Å². The maximum absolute atomic E-state index is 12.0. The summed E-state index contributed by atoms with van der Waals surface area (Å²) in [5.41, 5.74) is 2.31. The van der Waals surface area contributed by atoms with E-state index in [1.165, 1.54) is 14.2 Å². The largest absolute Gasteiger partial charge is 0.469 e. The second-order valence-corrected chi connectivity index (χ2v) is 6.76. The van der Waals surface area contributed by atoms with Crippen LogP contribution in [0, 0.1) is 11.8 Å². The van der Waals surface area contributed by atoms with E-state index >= 15 is 0 Å². The minimum absolute atomic E-state index is 0.0990. The molecule has 136 valence electrons. The summed E-state index contributed by atoms with van der Waals surface area (Å²) < 4.78 is 9.86. The molecule has 0 atom stereocenters. The topological polar surface area (TPSA) is 52.6 Å². The molecule has 2 aromatic carbocycles. The van der Waals surface area contributed by atoms with Crippen LogP contribution >= 0.6 is 0 Å². The SMILES string of the molecule is COC(=O)CC1C(c2ccccc2)C(CC(=O)OC)C1c1ccccc1. The normalized spacial score (nSPS) is 24.4. The first kappa shape index (κ1) is 18.2. The Bertz CT molecular complexity index is 668. The maximum atomic E-state index is 12.0. The molecule has 3 rings (SSSR count). The number of ether oxygens (including phenoxy) is 2. The number of rotatable bonds is 6. The molecule has 0 radical (unpaired) electrons. The standard InChI is InChI=1S/C22H24O4/c1-25-19(23)13-17-21(15-9-5-3-6-10-15)18(14-20(24)26-2)22(17)16-11-7-4-8-12-16/h3-12,17-18,21-22H,13-14H2,1-2H3. The Hall–Kier alpha value is -2.62. The van der Waals surface area contributed by atoms with E-state index in [1.807, 2.05) is 36.4 Å². The van der Waals surface area contributed by atoms with Gasteiger partial charge >= 0.3 is 11.9 Å². The fourth-order valence-electron chi connectivity index (χ4n) is 4.34. The summed E-state index contributed by atoms with van der Waals surface area (Å²) in [4.78, 5) is 24.1. The highest BCUT2D eigenvalue weighted by atomic mass is 16.5. The lowest BCUT2D eigenvalue weighted by Crippen LogP contribution is -2.45. The highest BCUT2D eigenvalue weighted by Crippen LogP contribution is 2.60. The smallest absolute Gasteiger partial charge is 0.305 e. The van der Waals surface area contributed by atoms with Gasteiger partial charge in [0.2, 0.25) is 0 Å². The summed E-state index contributed by atoms with van der Waals surface area (Å²) in [5.74, 6) is 0.0183. The first-order valence-corrected chi connectivity index (χ1v) is 8.89. The summed E-state index contributed by atoms with van der Waals surface area (Å²) in [6, 6.07) is 20.2. The molecule has 0 aliphatic heterocycles. The molecule has 4 heteroatoms. The fourth-order valence-corrected chi connectivity index (χ4v) is 4.34. The van der Waals surface area contributed by atoms with Gasteiger partial charge in [0.1, 0.15) is 0 Å². The van der Waals surface area contributed by atoms with Gasteiger partial charge in [-0.3, -0.25) is 9.59 Å². The van der Waals surface area contributed by atoms with E-state index in [2.05, 4.69) is 24.3 Å². The van der Waals surface area contributed by atoms with E-state index < -0.39 is 0 Å². The summed E-state index contributed by atoms with van der Waals surface area (Å²) in [6.07, 6.45) is 0.681. The van der Waals surface area contributed by atoms with Crippen molar-refractivity contribution in [2.45, 2.75) is 24.7 Å². The number of carbonyl (C=O) groups is 2. The van der Waals surface area contributed by atoms with E-state index in [0.717, 1.165) is 11.1 Å². The van der Waals surface area contributed by atoms with Gasteiger partial charge in [0.05, 0.1) is 14.2 Å². The lowest BCUT2D eigenvalue weighted by Gasteiger charge is -2.52. The summed E-state index contributed by atoms with van der Waals surface area (Å²) >= 11 is 0. The van der Waals surface area contributed by atoms with Gasteiger partial charge in [0, 0.05) is 12.8 Å². The van der Waals surface area contributed by atoms with E-state index in [9.17, 15) is 9.59 Å². The maximum Gasteiger partial charge on any atom is 0.305 e. The molecule has 1 aliphatic rings. The van der Waals surface area contributed by atoms with Crippen molar-refractivity contribution in [1.82, 2.24) is 0 Å². The van der Waals surface area contributed by atoms with Gasteiger partial charge in [-0.1, -0.05) is 60.7 Å². The van der Waals surface area contributed by atoms with Crippen molar-refractivity contribution < 1.29 is 19.1 Å². The molecule has 26 heavy (non-hydrogen) atoms.